The summed E-state index contributed by atoms with van der Waals surface area (Å²) in [4.78, 5) is 2.79. The Morgan fingerprint density at radius 3 is 2.35 bits per heavy atom. The van der Waals surface area contributed by atoms with E-state index in [2.05, 4.69) is 31.0 Å². The van der Waals surface area contributed by atoms with Crippen LogP contribution in [0.2, 0.25) is 0 Å². The van der Waals surface area contributed by atoms with E-state index in [9.17, 15) is 0 Å². The molecule has 0 aliphatic heterocycles. The van der Waals surface area contributed by atoms with E-state index in [-0.39, 0.29) is 0 Å². The Labute approximate surface area is 147 Å². The fraction of sp³-hybridized carbons (Fsp3) is 0.650. The molecule has 0 aromatic heterocycles. The van der Waals surface area contributed by atoms with Gasteiger partial charge < -0.3 is 10.6 Å². The predicted octanol–water partition coefficient (Wildman–Crippen LogP) is 5.14. The van der Waals surface area contributed by atoms with E-state index in [1.165, 1.54) is 57.1 Å². The van der Waals surface area contributed by atoms with Crippen molar-refractivity contribution >= 4 is 22.9 Å². The quantitative estimate of drug-likeness (QED) is 0.528. The highest BCUT2D eigenvalue weighted by Gasteiger charge is 2.17. The number of hydrogen-bond donors (Lipinski definition) is 1. The van der Waals surface area contributed by atoms with Gasteiger partial charge in [0, 0.05) is 24.8 Å². The number of unbranched alkanes of at least 4 members (excludes halogenated alkanes) is 2. The molecule has 0 unspecified atom stereocenters. The van der Waals surface area contributed by atoms with Crippen molar-refractivity contribution < 1.29 is 0 Å². The lowest BCUT2D eigenvalue weighted by Crippen LogP contribution is -2.19. The van der Waals surface area contributed by atoms with E-state index in [0.717, 1.165) is 23.9 Å². The highest BCUT2D eigenvalue weighted by Crippen LogP contribution is 2.31. The molecule has 1 aliphatic rings. The minimum absolute atomic E-state index is 0.469. The lowest BCUT2D eigenvalue weighted by atomic mass is 9.80. The molecule has 1 aliphatic carbocycles. The van der Waals surface area contributed by atoms with Crippen LogP contribution in [-0.4, -0.2) is 18.6 Å². The number of nitrogens with two attached hydrogens (primary N) is 1. The molecule has 0 bridgehead atoms. The van der Waals surface area contributed by atoms with Crippen molar-refractivity contribution in [2.45, 2.75) is 58.3 Å². The highest BCUT2D eigenvalue weighted by atomic mass is 32.1. The van der Waals surface area contributed by atoms with Crippen LogP contribution in [0.5, 0.6) is 0 Å². The molecule has 23 heavy (non-hydrogen) atoms. The van der Waals surface area contributed by atoms with Gasteiger partial charge in [0.15, 0.2) is 0 Å². The van der Waals surface area contributed by atoms with Crippen LogP contribution in [0, 0.1) is 11.8 Å². The van der Waals surface area contributed by atoms with Crippen molar-refractivity contribution in [3.8, 4) is 0 Å². The topological polar surface area (TPSA) is 29.3 Å². The molecule has 1 saturated carbocycles. The smallest absolute Gasteiger partial charge is 0.103 e. The molecule has 1 fully saturated rings. The molecule has 0 spiro atoms. The van der Waals surface area contributed by atoms with Gasteiger partial charge in [-0.3, -0.25) is 0 Å². The normalized spacial score (nSPS) is 21.1. The van der Waals surface area contributed by atoms with Crippen LogP contribution in [0.25, 0.3) is 0 Å². The maximum Gasteiger partial charge on any atom is 0.103 e. The second-order valence-corrected chi connectivity index (χ2v) is 7.75. The Hall–Kier alpha value is -1.09. The van der Waals surface area contributed by atoms with E-state index in [1.54, 1.807) is 0 Å². The van der Waals surface area contributed by atoms with Crippen molar-refractivity contribution in [1.82, 2.24) is 0 Å². The van der Waals surface area contributed by atoms with E-state index >= 15 is 0 Å². The Kier molecular flexibility index (Phi) is 7.35. The molecule has 1 aromatic rings. The maximum atomic E-state index is 5.64. The minimum atomic E-state index is 0.469. The molecule has 0 atom stereocenters. The van der Waals surface area contributed by atoms with E-state index in [1.807, 2.05) is 12.1 Å². The van der Waals surface area contributed by atoms with Gasteiger partial charge in [-0.05, 0) is 42.5 Å². The van der Waals surface area contributed by atoms with Crippen molar-refractivity contribution in [3.63, 3.8) is 0 Å². The third-order valence-corrected chi connectivity index (χ3v) is 5.57. The van der Waals surface area contributed by atoms with Crippen LogP contribution >= 0.6 is 12.2 Å². The van der Waals surface area contributed by atoms with Gasteiger partial charge in [0.2, 0.25) is 0 Å². The molecule has 2 rings (SSSR count). The van der Waals surface area contributed by atoms with Crippen LogP contribution in [0.4, 0.5) is 5.69 Å². The lowest BCUT2D eigenvalue weighted by Gasteiger charge is -2.26. The number of rotatable bonds is 8. The predicted molar refractivity (Wildman–Crippen MR) is 105 cm³/mol. The number of benzene rings is 1. The molecular formula is C20H32N2S. The first-order valence-corrected chi connectivity index (χ1v) is 9.58. The first kappa shape index (κ1) is 18.3. The minimum Gasteiger partial charge on any atom is -0.389 e. The summed E-state index contributed by atoms with van der Waals surface area (Å²) in [6.07, 6.45) is 11.3. The molecule has 0 saturated heterocycles. The summed E-state index contributed by atoms with van der Waals surface area (Å²) in [5.41, 5.74) is 7.83. The Morgan fingerprint density at radius 1 is 1.09 bits per heavy atom. The van der Waals surface area contributed by atoms with Crippen molar-refractivity contribution in [3.05, 3.63) is 29.8 Å². The monoisotopic (exact) mass is 332 g/mol. The van der Waals surface area contributed by atoms with E-state index < -0.39 is 0 Å². The standard InChI is InChI=1S/C20H32N2S/c1-16-7-9-17(10-8-16)6-4-3-5-15-22(2)19-13-11-18(12-14-19)20(21)23/h11-14,16-17H,3-10,15H2,1-2H3,(H2,21,23). The molecule has 0 amide bonds. The zero-order chi connectivity index (χ0) is 16.7. The van der Waals surface area contributed by atoms with Crippen molar-refractivity contribution in [2.75, 3.05) is 18.5 Å². The second kappa shape index (κ2) is 9.27. The number of thiocarbonyl (C=S) groups is 1. The Bertz CT molecular complexity index is 475. The summed E-state index contributed by atoms with van der Waals surface area (Å²) in [5, 5.41) is 0. The molecule has 1 aromatic carbocycles. The maximum absolute atomic E-state index is 5.64. The number of nitrogens with zero attached hydrogens (tertiary/aromatic N) is 1. The lowest BCUT2D eigenvalue weighted by molar-refractivity contribution is 0.272. The van der Waals surface area contributed by atoms with Gasteiger partial charge in [-0.2, -0.15) is 0 Å². The van der Waals surface area contributed by atoms with Gasteiger partial charge >= 0.3 is 0 Å². The molecule has 2 N–H and O–H groups in total. The molecule has 0 heterocycles. The van der Waals surface area contributed by atoms with Gasteiger partial charge in [0.25, 0.3) is 0 Å². The highest BCUT2D eigenvalue weighted by molar-refractivity contribution is 7.80. The molecular weight excluding hydrogens is 300 g/mol. The van der Waals surface area contributed by atoms with E-state index in [4.69, 9.17) is 18.0 Å². The van der Waals surface area contributed by atoms with Crippen LogP contribution in [0.15, 0.2) is 24.3 Å². The number of anilines is 1. The Morgan fingerprint density at radius 2 is 1.74 bits per heavy atom. The first-order valence-electron chi connectivity index (χ1n) is 9.17. The van der Waals surface area contributed by atoms with Gasteiger partial charge in [-0.15, -0.1) is 0 Å². The third-order valence-electron chi connectivity index (χ3n) is 5.33. The summed E-state index contributed by atoms with van der Waals surface area (Å²) in [6.45, 7) is 3.52. The van der Waals surface area contributed by atoms with Crippen LogP contribution in [0.1, 0.15) is 63.9 Å². The SMILES string of the molecule is CC1CCC(CCCCCN(C)c2ccc(C(N)=S)cc2)CC1. The van der Waals surface area contributed by atoms with Gasteiger partial charge in [0.05, 0.1) is 0 Å². The van der Waals surface area contributed by atoms with Gasteiger partial charge in [-0.25, -0.2) is 0 Å². The van der Waals surface area contributed by atoms with Crippen LogP contribution < -0.4 is 10.6 Å². The fourth-order valence-electron chi connectivity index (χ4n) is 3.59. The average molecular weight is 333 g/mol. The van der Waals surface area contributed by atoms with Crippen LogP contribution in [-0.2, 0) is 0 Å². The van der Waals surface area contributed by atoms with E-state index in [0.29, 0.717) is 4.99 Å². The average Bonchev–Trinajstić information content (AvgIpc) is 2.56. The Balaban J connectivity index is 1.61. The summed E-state index contributed by atoms with van der Waals surface area (Å²) in [6, 6.07) is 8.24. The molecule has 3 heteroatoms. The molecule has 2 nitrogen and oxygen atoms in total. The number of hydrogen-bond acceptors (Lipinski definition) is 2. The van der Waals surface area contributed by atoms with Gasteiger partial charge in [-0.1, -0.05) is 64.1 Å². The first-order chi connectivity index (χ1) is 11.1. The summed E-state index contributed by atoms with van der Waals surface area (Å²) >= 11 is 4.99. The summed E-state index contributed by atoms with van der Waals surface area (Å²) < 4.78 is 0. The summed E-state index contributed by atoms with van der Waals surface area (Å²) in [7, 11) is 2.16. The van der Waals surface area contributed by atoms with Crippen molar-refractivity contribution in [2.24, 2.45) is 17.6 Å². The summed E-state index contributed by atoms with van der Waals surface area (Å²) in [5.74, 6) is 1.98. The van der Waals surface area contributed by atoms with Crippen molar-refractivity contribution in [1.29, 1.82) is 0 Å². The van der Waals surface area contributed by atoms with Crippen LogP contribution in [0.3, 0.4) is 0 Å². The zero-order valence-electron chi connectivity index (χ0n) is 14.8. The van der Waals surface area contributed by atoms with Gasteiger partial charge in [0.1, 0.15) is 4.99 Å². The fourth-order valence-corrected chi connectivity index (χ4v) is 3.72. The second-order valence-electron chi connectivity index (χ2n) is 7.31. The molecule has 128 valence electrons. The largest absolute Gasteiger partial charge is 0.389 e. The molecule has 0 radical (unpaired) electrons. The zero-order valence-corrected chi connectivity index (χ0v) is 15.6. The third kappa shape index (κ3) is 6.14.